The Labute approximate surface area is 127 Å². The van der Waals surface area contributed by atoms with Gasteiger partial charge in [-0.05, 0) is 6.07 Å². The lowest BCUT2D eigenvalue weighted by Crippen LogP contribution is -2.10. The van der Waals surface area contributed by atoms with Crippen LogP contribution in [0.5, 0.6) is 5.88 Å². The zero-order chi connectivity index (χ0) is 14.7. The van der Waals surface area contributed by atoms with Gasteiger partial charge >= 0.3 is 0 Å². The van der Waals surface area contributed by atoms with Gasteiger partial charge in [0.05, 0.1) is 13.4 Å². The Balaban J connectivity index is 1.97. The van der Waals surface area contributed by atoms with Crippen LogP contribution in [-0.2, 0) is 19.5 Å². The standard InChI is InChI=1S/C14H16ClN5O/c1-21-13-3-2-11-14(18-13)20(12(17-11)4-5-15)9-8-19-7-6-16-10-19/h2-3,6-7,10H,4-5,8-9H2,1H3. The third kappa shape index (κ3) is 2.85. The van der Waals surface area contributed by atoms with E-state index >= 15 is 0 Å². The maximum absolute atomic E-state index is 5.88. The molecule has 0 bridgehead atoms. The minimum absolute atomic E-state index is 0.533. The number of aromatic nitrogens is 5. The van der Waals surface area contributed by atoms with Crippen LogP contribution < -0.4 is 4.74 Å². The van der Waals surface area contributed by atoms with Crippen LogP contribution in [-0.4, -0.2) is 37.1 Å². The molecule has 3 heterocycles. The van der Waals surface area contributed by atoms with Crippen molar-refractivity contribution < 1.29 is 4.74 Å². The van der Waals surface area contributed by atoms with E-state index in [4.69, 9.17) is 16.3 Å². The second-order valence-corrected chi connectivity index (χ2v) is 4.99. The Bertz CT molecular complexity index is 722. The number of rotatable bonds is 6. The first-order valence-corrected chi connectivity index (χ1v) is 7.27. The van der Waals surface area contributed by atoms with Gasteiger partial charge in [-0.2, -0.15) is 4.98 Å². The molecule has 0 spiro atoms. The van der Waals surface area contributed by atoms with Gasteiger partial charge in [0, 0.05) is 43.9 Å². The van der Waals surface area contributed by atoms with Crippen LogP contribution in [0.25, 0.3) is 11.2 Å². The van der Waals surface area contributed by atoms with Crippen LogP contribution in [0, 0.1) is 0 Å². The van der Waals surface area contributed by atoms with Crippen molar-refractivity contribution in [2.75, 3.05) is 13.0 Å². The summed E-state index contributed by atoms with van der Waals surface area (Å²) in [5, 5.41) is 0. The highest BCUT2D eigenvalue weighted by atomic mass is 35.5. The number of aryl methyl sites for hydroxylation is 3. The first-order valence-electron chi connectivity index (χ1n) is 6.73. The molecule has 7 heteroatoms. The Hall–Kier alpha value is -2.08. The van der Waals surface area contributed by atoms with E-state index in [-0.39, 0.29) is 0 Å². The third-order valence-electron chi connectivity index (χ3n) is 3.31. The zero-order valence-electron chi connectivity index (χ0n) is 11.7. The summed E-state index contributed by atoms with van der Waals surface area (Å²) in [6, 6.07) is 3.74. The SMILES string of the molecule is COc1ccc2nc(CCCl)n(CCn3ccnc3)c2n1. The van der Waals surface area contributed by atoms with Crippen LogP contribution in [0.4, 0.5) is 0 Å². The summed E-state index contributed by atoms with van der Waals surface area (Å²) in [5.41, 5.74) is 1.69. The van der Waals surface area contributed by atoms with Crippen molar-refractivity contribution in [3.63, 3.8) is 0 Å². The molecule has 21 heavy (non-hydrogen) atoms. The molecule has 0 unspecified atom stereocenters. The molecule has 0 saturated heterocycles. The second-order valence-electron chi connectivity index (χ2n) is 4.62. The maximum atomic E-state index is 5.88. The third-order valence-corrected chi connectivity index (χ3v) is 3.50. The van der Waals surface area contributed by atoms with E-state index in [1.54, 1.807) is 19.6 Å². The van der Waals surface area contributed by atoms with Gasteiger partial charge in [-0.25, -0.2) is 9.97 Å². The topological polar surface area (TPSA) is 57.8 Å². The van der Waals surface area contributed by atoms with E-state index in [1.807, 2.05) is 22.9 Å². The van der Waals surface area contributed by atoms with Gasteiger partial charge in [-0.3, -0.25) is 0 Å². The van der Waals surface area contributed by atoms with E-state index < -0.39 is 0 Å². The van der Waals surface area contributed by atoms with Crippen LogP contribution >= 0.6 is 11.6 Å². The molecule has 0 aromatic carbocycles. The number of pyridine rings is 1. The largest absolute Gasteiger partial charge is 0.481 e. The Kier molecular flexibility index (Phi) is 4.06. The molecule has 0 fully saturated rings. The van der Waals surface area contributed by atoms with Crippen molar-refractivity contribution in [3.8, 4) is 5.88 Å². The Morgan fingerprint density at radius 2 is 2.14 bits per heavy atom. The molecule has 0 aliphatic carbocycles. The van der Waals surface area contributed by atoms with Crippen LogP contribution in [0.15, 0.2) is 30.9 Å². The van der Waals surface area contributed by atoms with Gasteiger partial charge in [0.15, 0.2) is 5.65 Å². The number of alkyl halides is 1. The second kappa shape index (κ2) is 6.13. The van der Waals surface area contributed by atoms with Gasteiger partial charge in [0.1, 0.15) is 11.3 Å². The number of imidazole rings is 2. The molecule has 110 valence electrons. The molecule has 0 N–H and O–H groups in total. The highest BCUT2D eigenvalue weighted by molar-refractivity contribution is 6.17. The summed E-state index contributed by atoms with van der Waals surface area (Å²) in [6.07, 6.45) is 6.22. The summed E-state index contributed by atoms with van der Waals surface area (Å²) < 4.78 is 9.33. The lowest BCUT2D eigenvalue weighted by molar-refractivity contribution is 0.398. The fourth-order valence-corrected chi connectivity index (χ4v) is 2.46. The van der Waals surface area contributed by atoms with Crippen molar-refractivity contribution in [2.24, 2.45) is 0 Å². The summed E-state index contributed by atoms with van der Waals surface area (Å²) in [4.78, 5) is 13.2. The predicted molar refractivity (Wildman–Crippen MR) is 80.7 cm³/mol. The number of halogens is 1. The van der Waals surface area contributed by atoms with Gasteiger partial charge in [-0.1, -0.05) is 0 Å². The van der Waals surface area contributed by atoms with E-state index in [0.29, 0.717) is 18.2 Å². The first-order chi connectivity index (χ1) is 10.3. The summed E-state index contributed by atoms with van der Waals surface area (Å²) in [7, 11) is 1.61. The number of fused-ring (bicyclic) bond motifs is 1. The molecule has 0 radical (unpaired) electrons. The first kappa shape index (κ1) is 13.9. The Morgan fingerprint density at radius 3 is 2.86 bits per heavy atom. The van der Waals surface area contributed by atoms with Gasteiger partial charge in [-0.15, -0.1) is 11.6 Å². The zero-order valence-corrected chi connectivity index (χ0v) is 12.5. The molecule has 6 nitrogen and oxygen atoms in total. The van der Waals surface area contributed by atoms with E-state index in [1.165, 1.54) is 0 Å². The summed E-state index contributed by atoms with van der Waals surface area (Å²) in [5.74, 6) is 2.07. The smallest absolute Gasteiger partial charge is 0.215 e. The number of ether oxygens (including phenoxy) is 1. The monoisotopic (exact) mass is 305 g/mol. The van der Waals surface area contributed by atoms with Crippen molar-refractivity contribution in [1.82, 2.24) is 24.1 Å². The normalized spacial score (nSPS) is 11.1. The number of nitrogens with zero attached hydrogens (tertiary/aromatic N) is 5. The van der Waals surface area contributed by atoms with E-state index in [2.05, 4.69) is 19.5 Å². The van der Waals surface area contributed by atoms with E-state index in [0.717, 1.165) is 30.1 Å². The number of hydrogen-bond donors (Lipinski definition) is 0. The number of hydrogen-bond acceptors (Lipinski definition) is 4. The molecule has 0 aliphatic heterocycles. The summed E-state index contributed by atoms with van der Waals surface area (Å²) in [6.45, 7) is 1.57. The van der Waals surface area contributed by atoms with Crippen LogP contribution in [0.1, 0.15) is 5.82 Å². The highest BCUT2D eigenvalue weighted by Crippen LogP contribution is 2.19. The Morgan fingerprint density at radius 1 is 1.24 bits per heavy atom. The molecule has 0 atom stereocenters. The molecule has 0 amide bonds. The minimum atomic E-state index is 0.533. The van der Waals surface area contributed by atoms with Gasteiger partial charge in [0.25, 0.3) is 0 Å². The van der Waals surface area contributed by atoms with Crippen LogP contribution in [0.2, 0.25) is 0 Å². The fraction of sp³-hybridized carbons (Fsp3) is 0.357. The van der Waals surface area contributed by atoms with Crippen molar-refractivity contribution in [3.05, 3.63) is 36.7 Å². The molecule has 3 rings (SSSR count). The molecule has 3 aromatic rings. The highest BCUT2D eigenvalue weighted by Gasteiger charge is 2.12. The average Bonchev–Trinajstić information content (AvgIpc) is 3.12. The molecular weight excluding hydrogens is 290 g/mol. The quantitative estimate of drug-likeness (QED) is 0.655. The van der Waals surface area contributed by atoms with Gasteiger partial charge in [0.2, 0.25) is 5.88 Å². The fourth-order valence-electron chi connectivity index (χ4n) is 2.29. The minimum Gasteiger partial charge on any atom is -0.481 e. The molecular formula is C14H16ClN5O. The summed E-state index contributed by atoms with van der Waals surface area (Å²) >= 11 is 5.88. The maximum Gasteiger partial charge on any atom is 0.215 e. The molecule has 0 aliphatic rings. The van der Waals surface area contributed by atoms with E-state index in [9.17, 15) is 0 Å². The number of methoxy groups -OCH3 is 1. The predicted octanol–water partition coefficient (Wildman–Crippen LogP) is 2.12. The van der Waals surface area contributed by atoms with Crippen molar-refractivity contribution >= 4 is 22.8 Å². The molecule has 3 aromatic heterocycles. The lowest BCUT2D eigenvalue weighted by atomic mass is 10.4. The lowest BCUT2D eigenvalue weighted by Gasteiger charge is -2.09. The van der Waals surface area contributed by atoms with Crippen molar-refractivity contribution in [2.45, 2.75) is 19.5 Å². The van der Waals surface area contributed by atoms with Crippen molar-refractivity contribution in [1.29, 1.82) is 0 Å². The van der Waals surface area contributed by atoms with Crippen LogP contribution in [0.3, 0.4) is 0 Å². The molecule has 0 saturated carbocycles. The van der Waals surface area contributed by atoms with Gasteiger partial charge < -0.3 is 13.9 Å². The average molecular weight is 306 g/mol.